The van der Waals surface area contributed by atoms with E-state index in [0.29, 0.717) is 0 Å². The second kappa shape index (κ2) is 5.12. The van der Waals surface area contributed by atoms with E-state index < -0.39 is 0 Å². The number of thioether (sulfide) groups is 1. The zero-order valence-electron chi connectivity index (χ0n) is 10.0. The lowest BCUT2D eigenvalue weighted by Crippen LogP contribution is -1.88. The molecule has 0 atom stereocenters. The van der Waals surface area contributed by atoms with E-state index >= 15 is 0 Å². The van der Waals surface area contributed by atoms with Crippen molar-refractivity contribution in [3.8, 4) is 0 Å². The fraction of sp³-hybridized carbons (Fsp3) is 0.133. The van der Waals surface area contributed by atoms with Gasteiger partial charge >= 0.3 is 0 Å². The van der Waals surface area contributed by atoms with Crippen molar-refractivity contribution in [1.29, 1.82) is 0 Å². The Bertz CT molecular complexity index is 656. The first-order chi connectivity index (χ1) is 8.86. The molecule has 3 rings (SSSR count). The van der Waals surface area contributed by atoms with Gasteiger partial charge in [-0.15, -0.1) is 11.8 Å². The lowest BCUT2D eigenvalue weighted by Gasteiger charge is -2.01. The fourth-order valence-electron chi connectivity index (χ4n) is 1.93. The van der Waals surface area contributed by atoms with E-state index in [4.69, 9.17) is 0 Å². The van der Waals surface area contributed by atoms with E-state index in [1.54, 1.807) is 23.3 Å². The molecule has 1 radical (unpaired) electrons. The van der Waals surface area contributed by atoms with Crippen molar-refractivity contribution < 1.29 is 0 Å². The topological polar surface area (TPSA) is 12.9 Å². The maximum absolute atomic E-state index is 4.54. The molecule has 0 aliphatic heterocycles. The summed E-state index contributed by atoms with van der Waals surface area (Å²) in [5.74, 6) is 0. The van der Waals surface area contributed by atoms with Crippen molar-refractivity contribution in [1.82, 2.24) is 4.37 Å². The molecule has 0 amide bonds. The summed E-state index contributed by atoms with van der Waals surface area (Å²) < 4.78 is 5.75. The molecule has 0 unspecified atom stereocenters. The van der Waals surface area contributed by atoms with Crippen LogP contribution in [-0.2, 0) is 6.42 Å². The minimum Gasteiger partial charge on any atom is -0.196 e. The van der Waals surface area contributed by atoms with Gasteiger partial charge in [0.25, 0.3) is 0 Å². The Morgan fingerprint density at radius 2 is 2.06 bits per heavy atom. The molecular formula is C15H12NS2. The van der Waals surface area contributed by atoms with Crippen LogP contribution in [0.4, 0.5) is 0 Å². The molecule has 0 bridgehead atoms. The summed E-state index contributed by atoms with van der Waals surface area (Å²) in [6, 6.07) is 18.0. The molecule has 3 aromatic rings. The molecule has 1 heterocycles. The highest BCUT2D eigenvalue weighted by molar-refractivity contribution is 7.98. The van der Waals surface area contributed by atoms with Crippen LogP contribution in [0.15, 0.2) is 47.4 Å². The highest BCUT2D eigenvalue weighted by atomic mass is 32.2. The lowest BCUT2D eigenvalue weighted by molar-refractivity contribution is 1.14. The van der Waals surface area contributed by atoms with Gasteiger partial charge in [0.15, 0.2) is 0 Å². The van der Waals surface area contributed by atoms with Gasteiger partial charge in [-0.2, -0.15) is 4.37 Å². The summed E-state index contributed by atoms with van der Waals surface area (Å²) in [5, 5.41) is 1.16. The van der Waals surface area contributed by atoms with Gasteiger partial charge in [-0.25, -0.2) is 0 Å². The third kappa shape index (κ3) is 2.28. The van der Waals surface area contributed by atoms with Crippen LogP contribution < -0.4 is 0 Å². The highest BCUT2D eigenvalue weighted by Crippen LogP contribution is 2.24. The molecule has 0 N–H and O–H groups in total. The first kappa shape index (κ1) is 11.8. The average molecular weight is 270 g/mol. The van der Waals surface area contributed by atoms with Gasteiger partial charge in [0.05, 0.1) is 10.4 Å². The summed E-state index contributed by atoms with van der Waals surface area (Å²) >= 11 is 3.32. The molecule has 1 aromatic heterocycles. The van der Waals surface area contributed by atoms with Crippen LogP contribution in [0.1, 0.15) is 11.3 Å². The Labute approximate surface area is 115 Å². The summed E-state index contributed by atoms with van der Waals surface area (Å²) in [6.45, 7) is 0. The SMILES string of the molecule is CSc1ccc(Cc2nsc3ccc[c]c23)cc1. The standard InChI is InChI=1S/C15H12NS2/c1-17-12-8-6-11(7-9-12)10-14-13-4-2-3-5-15(13)18-16-14/h2-3,5-9H,10H2,1H3. The van der Waals surface area contributed by atoms with Gasteiger partial charge in [0, 0.05) is 16.7 Å². The normalized spacial score (nSPS) is 10.9. The molecule has 3 heteroatoms. The van der Waals surface area contributed by atoms with Crippen molar-refractivity contribution in [3.63, 3.8) is 0 Å². The molecule has 1 nitrogen and oxygen atoms in total. The molecule has 0 spiro atoms. The van der Waals surface area contributed by atoms with Gasteiger partial charge in [-0.1, -0.05) is 24.3 Å². The van der Waals surface area contributed by atoms with Crippen LogP contribution in [0, 0.1) is 6.07 Å². The van der Waals surface area contributed by atoms with E-state index in [-0.39, 0.29) is 0 Å². The van der Waals surface area contributed by atoms with Crippen molar-refractivity contribution in [2.45, 2.75) is 11.3 Å². The van der Waals surface area contributed by atoms with E-state index in [1.165, 1.54) is 15.2 Å². The highest BCUT2D eigenvalue weighted by Gasteiger charge is 2.06. The van der Waals surface area contributed by atoms with Crippen molar-refractivity contribution >= 4 is 33.4 Å². The molecule has 2 aromatic carbocycles. The molecular weight excluding hydrogens is 258 g/mol. The van der Waals surface area contributed by atoms with E-state index in [1.807, 2.05) is 12.1 Å². The third-order valence-corrected chi connectivity index (χ3v) is 4.48. The van der Waals surface area contributed by atoms with Crippen molar-refractivity contribution in [2.24, 2.45) is 0 Å². The number of fused-ring (bicyclic) bond motifs is 1. The summed E-state index contributed by atoms with van der Waals surface area (Å²) in [7, 11) is 0. The number of rotatable bonds is 3. The van der Waals surface area contributed by atoms with Crippen LogP contribution in [0.25, 0.3) is 10.1 Å². The Balaban J connectivity index is 1.91. The van der Waals surface area contributed by atoms with Gasteiger partial charge in [-0.05, 0) is 47.6 Å². The smallest absolute Gasteiger partial charge is 0.0670 e. The summed E-state index contributed by atoms with van der Waals surface area (Å²) in [5.41, 5.74) is 2.43. The largest absolute Gasteiger partial charge is 0.196 e. The minimum absolute atomic E-state index is 0.884. The number of nitrogens with zero attached hydrogens (tertiary/aromatic N) is 1. The summed E-state index contributed by atoms with van der Waals surface area (Å²) in [6.07, 6.45) is 2.98. The van der Waals surface area contributed by atoms with E-state index in [9.17, 15) is 0 Å². The van der Waals surface area contributed by atoms with E-state index in [0.717, 1.165) is 17.5 Å². The quantitative estimate of drug-likeness (QED) is 0.654. The number of benzene rings is 2. The number of aromatic nitrogens is 1. The second-order valence-electron chi connectivity index (χ2n) is 4.06. The van der Waals surface area contributed by atoms with Gasteiger partial charge in [0.1, 0.15) is 0 Å². The molecule has 0 saturated carbocycles. The van der Waals surface area contributed by atoms with Crippen LogP contribution in [0.2, 0.25) is 0 Å². The maximum Gasteiger partial charge on any atom is 0.0670 e. The second-order valence-corrected chi connectivity index (χ2v) is 5.75. The third-order valence-electron chi connectivity index (χ3n) is 2.89. The van der Waals surface area contributed by atoms with Crippen molar-refractivity contribution in [2.75, 3.05) is 6.26 Å². The Kier molecular flexibility index (Phi) is 3.35. The summed E-state index contributed by atoms with van der Waals surface area (Å²) in [4.78, 5) is 1.30. The van der Waals surface area contributed by atoms with Crippen LogP contribution >= 0.6 is 23.3 Å². The van der Waals surface area contributed by atoms with Crippen LogP contribution in [-0.4, -0.2) is 10.6 Å². The van der Waals surface area contributed by atoms with Crippen molar-refractivity contribution in [3.05, 3.63) is 59.8 Å². The molecule has 89 valence electrons. The average Bonchev–Trinajstić information content (AvgIpc) is 2.83. The molecule has 0 saturated heterocycles. The zero-order chi connectivity index (χ0) is 12.4. The van der Waals surface area contributed by atoms with Crippen LogP contribution in [0.3, 0.4) is 0 Å². The molecule has 18 heavy (non-hydrogen) atoms. The molecule has 0 aliphatic rings. The maximum atomic E-state index is 4.54. The molecule has 0 aliphatic carbocycles. The Hall–Kier alpha value is -1.32. The predicted octanol–water partition coefficient (Wildman–Crippen LogP) is 4.41. The Morgan fingerprint density at radius 3 is 2.83 bits per heavy atom. The lowest BCUT2D eigenvalue weighted by atomic mass is 10.1. The fourth-order valence-corrected chi connectivity index (χ4v) is 3.11. The van der Waals surface area contributed by atoms with Gasteiger partial charge < -0.3 is 0 Å². The van der Waals surface area contributed by atoms with Gasteiger partial charge in [-0.3, -0.25) is 0 Å². The van der Waals surface area contributed by atoms with Gasteiger partial charge in [0.2, 0.25) is 0 Å². The number of hydrogen-bond donors (Lipinski definition) is 0. The van der Waals surface area contributed by atoms with E-state index in [2.05, 4.69) is 47.0 Å². The van der Waals surface area contributed by atoms with Crippen LogP contribution in [0.5, 0.6) is 0 Å². The minimum atomic E-state index is 0.884. The zero-order valence-corrected chi connectivity index (χ0v) is 11.6. The first-order valence-electron chi connectivity index (χ1n) is 5.75. The predicted molar refractivity (Wildman–Crippen MR) is 79.5 cm³/mol. The molecule has 0 fully saturated rings. The Morgan fingerprint density at radius 1 is 1.22 bits per heavy atom. The first-order valence-corrected chi connectivity index (χ1v) is 7.74. The monoisotopic (exact) mass is 270 g/mol. The number of hydrogen-bond acceptors (Lipinski definition) is 3.